The van der Waals surface area contributed by atoms with E-state index < -0.39 is 11.6 Å². The van der Waals surface area contributed by atoms with E-state index in [1.165, 1.54) is 18.2 Å². The fourth-order valence-corrected chi connectivity index (χ4v) is 5.75. The number of fused-ring (bicyclic) bond motifs is 3. The van der Waals surface area contributed by atoms with Crippen molar-refractivity contribution < 1.29 is 38.7 Å². The Bertz CT molecular complexity index is 2200. The van der Waals surface area contributed by atoms with Crippen molar-refractivity contribution >= 4 is 21.8 Å². The van der Waals surface area contributed by atoms with Crippen LogP contribution in [0, 0.1) is 44.5 Å². The van der Waals surface area contributed by atoms with Crippen molar-refractivity contribution in [1.29, 1.82) is 0 Å². The van der Waals surface area contributed by atoms with Gasteiger partial charge in [-0.3, -0.25) is 4.68 Å². The summed E-state index contributed by atoms with van der Waals surface area (Å²) in [6.45, 7) is 5.45. The summed E-state index contributed by atoms with van der Waals surface area (Å²) in [5.74, 6) is 1.05. The minimum Gasteiger partial charge on any atom is -0.509 e. The number of benzene rings is 4. The summed E-state index contributed by atoms with van der Waals surface area (Å²) >= 11 is 0. The summed E-state index contributed by atoms with van der Waals surface area (Å²) in [7, 11) is 1.63. The van der Waals surface area contributed by atoms with Gasteiger partial charge in [-0.15, -0.1) is 35.7 Å². The number of aromatic nitrogens is 4. The van der Waals surface area contributed by atoms with E-state index in [9.17, 15) is 8.78 Å². The molecule has 4 aromatic carbocycles. The summed E-state index contributed by atoms with van der Waals surface area (Å²) in [5, 5.41) is 6.68. The molecule has 3 heterocycles. The van der Waals surface area contributed by atoms with Crippen molar-refractivity contribution in [1.82, 2.24) is 19.3 Å². The molecule has 7 aromatic rings. The Labute approximate surface area is 272 Å². The van der Waals surface area contributed by atoms with Crippen molar-refractivity contribution in [2.45, 2.75) is 20.8 Å². The number of hydrogen-bond acceptors (Lipinski definition) is 4. The molecule has 9 heteroatoms. The molecule has 0 aliphatic heterocycles. The number of rotatable bonds is 6. The molecule has 0 amide bonds. The van der Waals surface area contributed by atoms with Crippen LogP contribution in [0.5, 0.6) is 17.2 Å². The molecule has 0 aliphatic carbocycles. The molecule has 0 aliphatic rings. The topological polar surface area (TPSA) is 54.1 Å². The molecular weight excluding hydrogens is 665 g/mol. The maximum Gasteiger partial charge on any atom is 2.00 e. The van der Waals surface area contributed by atoms with E-state index in [1.54, 1.807) is 37.9 Å². The van der Waals surface area contributed by atoms with Crippen LogP contribution in [-0.2, 0) is 20.4 Å². The Kier molecular flexibility index (Phi) is 8.00. The number of hydrogen-bond donors (Lipinski definition) is 0. The van der Waals surface area contributed by atoms with E-state index in [1.807, 2.05) is 60.0 Å². The van der Waals surface area contributed by atoms with Gasteiger partial charge in [0.2, 0.25) is 0 Å². The number of pyridine rings is 1. The molecule has 0 fully saturated rings. The molecule has 3 aromatic heterocycles. The van der Waals surface area contributed by atoms with Crippen molar-refractivity contribution in [2.75, 3.05) is 7.11 Å². The van der Waals surface area contributed by atoms with Gasteiger partial charge in [0.1, 0.15) is 23.2 Å². The molecule has 7 rings (SSSR count). The quantitative estimate of drug-likeness (QED) is 0.130. The summed E-state index contributed by atoms with van der Waals surface area (Å²) < 4.78 is 44.9. The normalized spacial score (nSPS) is 11.2. The fraction of sp³-hybridized carbons (Fsp3) is 0.111. The summed E-state index contributed by atoms with van der Waals surface area (Å²) in [5.41, 5.74) is 4.66. The Balaban J connectivity index is 0.00000357. The van der Waals surface area contributed by atoms with Crippen LogP contribution in [-0.4, -0.2) is 26.4 Å². The van der Waals surface area contributed by atoms with Crippen LogP contribution in [0.4, 0.5) is 8.78 Å². The molecule has 0 bridgehead atoms. The van der Waals surface area contributed by atoms with Crippen molar-refractivity contribution in [2.24, 2.45) is 0 Å². The first-order chi connectivity index (χ1) is 21.3. The second-order valence-electron chi connectivity index (χ2n) is 10.6. The van der Waals surface area contributed by atoms with Gasteiger partial charge in [0.05, 0.1) is 18.4 Å². The van der Waals surface area contributed by atoms with Gasteiger partial charge in [0.15, 0.2) is 0 Å². The van der Waals surface area contributed by atoms with Crippen molar-refractivity contribution in [3.05, 3.63) is 126 Å². The number of halogens is 2. The smallest absolute Gasteiger partial charge is 0.509 e. The van der Waals surface area contributed by atoms with Gasteiger partial charge in [-0.25, -0.2) is 13.8 Å². The molecule has 6 nitrogen and oxygen atoms in total. The van der Waals surface area contributed by atoms with Crippen LogP contribution in [0.15, 0.2) is 85.1 Å². The van der Waals surface area contributed by atoms with Crippen LogP contribution >= 0.6 is 0 Å². The zero-order chi connectivity index (χ0) is 30.5. The van der Waals surface area contributed by atoms with Gasteiger partial charge in [-0.05, 0) is 49.2 Å². The zero-order valence-corrected chi connectivity index (χ0v) is 26.3. The summed E-state index contributed by atoms with van der Waals surface area (Å²) in [6, 6.07) is 30.0. The molecule has 0 saturated carbocycles. The van der Waals surface area contributed by atoms with Crippen LogP contribution in [0.25, 0.3) is 44.4 Å². The predicted octanol–water partition coefficient (Wildman–Crippen LogP) is 8.63. The van der Waals surface area contributed by atoms with Gasteiger partial charge < -0.3 is 14.0 Å². The van der Waals surface area contributed by atoms with Crippen LogP contribution in [0.1, 0.15) is 17.0 Å². The molecule has 0 atom stereocenters. The van der Waals surface area contributed by atoms with E-state index in [0.717, 1.165) is 27.4 Å². The standard InChI is InChI=1S/C36H26F2N4O2.Pd/c1-21-16-24(42-23(3)35(22(2)40-42)36-30(37)9-7-10-31(36)38)18-27(17-21)44-26-12-13-29-28-8-5-6-11-32(28)41(33(29)19-26)34-20-25(43-4)14-15-39-34;/h5-17,20H,1-4H3;/q-2;+2. The minimum atomic E-state index is -0.638. The van der Waals surface area contributed by atoms with Gasteiger partial charge in [-0.1, -0.05) is 36.7 Å². The third-order valence-corrected chi connectivity index (χ3v) is 7.67. The third kappa shape index (κ3) is 5.28. The van der Waals surface area contributed by atoms with Gasteiger partial charge in [0.25, 0.3) is 0 Å². The summed E-state index contributed by atoms with van der Waals surface area (Å²) in [4.78, 5) is 4.61. The molecule has 0 unspecified atom stereocenters. The van der Waals surface area contributed by atoms with Crippen LogP contribution in [0.2, 0.25) is 0 Å². The monoisotopic (exact) mass is 690 g/mol. The van der Waals surface area contributed by atoms with E-state index in [2.05, 4.69) is 28.3 Å². The first-order valence-electron chi connectivity index (χ1n) is 14.0. The van der Waals surface area contributed by atoms with E-state index in [0.29, 0.717) is 45.7 Å². The van der Waals surface area contributed by atoms with Crippen LogP contribution < -0.4 is 9.47 Å². The van der Waals surface area contributed by atoms with Crippen molar-refractivity contribution in [3.8, 4) is 39.9 Å². The Hall–Kier alpha value is -4.84. The van der Waals surface area contributed by atoms with Gasteiger partial charge in [-0.2, -0.15) is 16.7 Å². The molecule has 0 radical (unpaired) electrons. The number of nitrogens with zero attached hydrogens (tertiary/aromatic N) is 4. The number of ether oxygens (including phenoxy) is 2. The maximum absolute atomic E-state index is 14.7. The van der Waals surface area contributed by atoms with Gasteiger partial charge in [0, 0.05) is 40.5 Å². The number of para-hydroxylation sites is 1. The first kappa shape index (κ1) is 30.2. The van der Waals surface area contributed by atoms with Crippen molar-refractivity contribution in [3.63, 3.8) is 0 Å². The predicted molar refractivity (Wildman–Crippen MR) is 166 cm³/mol. The van der Waals surface area contributed by atoms with Gasteiger partial charge >= 0.3 is 20.4 Å². The maximum atomic E-state index is 14.7. The third-order valence-electron chi connectivity index (χ3n) is 7.67. The second kappa shape index (κ2) is 11.9. The zero-order valence-electron chi connectivity index (χ0n) is 24.8. The first-order valence-corrected chi connectivity index (χ1v) is 14.0. The van der Waals surface area contributed by atoms with E-state index in [4.69, 9.17) is 9.47 Å². The number of methoxy groups -OCH3 is 1. The molecular formula is C36H26F2N4O2Pd. The van der Waals surface area contributed by atoms with Crippen LogP contribution in [0.3, 0.4) is 0 Å². The minimum absolute atomic E-state index is 0. The number of aryl methyl sites for hydroxylation is 2. The fourth-order valence-electron chi connectivity index (χ4n) is 5.75. The van der Waals surface area contributed by atoms with E-state index >= 15 is 0 Å². The average Bonchev–Trinajstić information content (AvgIpc) is 3.50. The molecule has 45 heavy (non-hydrogen) atoms. The molecule has 0 saturated heterocycles. The van der Waals surface area contributed by atoms with E-state index in [-0.39, 0.29) is 26.0 Å². The second-order valence-corrected chi connectivity index (χ2v) is 10.6. The average molecular weight is 691 g/mol. The largest absolute Gasteiger partial charge is 2.00 e. The summed E-state index contributed by atoms with van der Waals surface area (Å²) in [6.07, 6.45) is 1.71. The molecule has 0 N–H and O–H groups in total. The SMILES string of the molecule is COc1ccnc(-n2c3[c-]c(Oc4[c-]c(-n5nc(C)c(-c6c(F)cccc6F)c5C)cc(C)c4)ccc3c3ccccc32)c1.[Pd+2]. The Morgan fingerprint density at radius 3 is 2.33 bits per heavy atom. The molecule has 0 spiro atoms. The Morgan fingerprint density at radius 1 is 0.778 bits per heavy atom. The Morgan fingerprint density at radius 2 is 1.56 bits per heavy atom. The molecule has 226 valence electrons.